The normalized spacial score (nSPS) is 13.5. The van der Waals surface area contributed by atoms with Gasteiger partial charge in [0, 0.05) is 19.3 Å². The van der Waals surface area contributed by atoms with E-state index in [0.717, 1.165) is 57.8 Å². The molecule has 0 aliphatic heterocycles. The molecule has 1 N–H and O–H groups in total. The fourth-order valence-electron chi connectivity index (χ4n) is 4.81. The van der Waals surface area contributed by atoms with Crippen LogP contribution in [0.1, 0.15) is 129 Å². The molecule has 0 aromatic heterocycles. The second kappa shape index (κ2) is 29.0. The molecule has 0 aromatic carbocycles. The van der Waals surface area contributed by atoms with Crippen molar-refractivity contribution >= 4 is 17.9 Å². The van der Waals surface area contributed by atoms with Crippen LogP contribution in [-0.4, -0.2) is 80.6 Å². The molecule has 0 amide bonds. The van der Waals surface area contributed by atoms with Gasteiger partial charge in [0.25, 0.3) is 0 Å². The minimum atomic E-state index is -0.883. The van der Waals surface area contributed by atoms with E-state index in [1.807, 2.05) is 21.1 Å². The van der Waals surface area contributed by atoms with E-state index in [1.54, 1.807) is 0 Å². The molecule has 0 aliphatic rings. The number of carbonyl (C=O) groups is 3. The molecule has 45 heavy (non-hydrogen) atoms. The lowest BCUT2D eigenvalue weighted by Gasteiger charge is -2.31. The number of carboxylic acids is 1. The first-order valence-electron chi connectivity index (χ1n) is 17.5. The first-order valence-corrected chi connectivity index (χ1v) is 17.5. The lowest BCUT2D eigenvalue weighted by molar-refractivity contribution is -0.887. The molecule has 2 unspecified atom stereocenters. The smallest absolute Gasteiger partial charge is 0.362 e. The van der Waals surface area contributed by atoms with Crippen LogP contribution in [0.4, 0.5) is 0 Å². The molecule has 0 aromatic rings. The van der Waals surface area contributed by atoms with Crippen LogP contribution in [0.2, 0.25) is 0 Å². The Morgan fingerprint density at radius 3 is 1.84 bits per heavy atom. The number of aliphatic carboxylic acids is 1. The van der Waals surface area contributed by atoms with Crippen LogP contribution in [0.5, 0.6) is 0 Å². The number of hydrogen-bond donors (Lipinski definition) is 1. The van der Waals surface area contributed by atoms with Crippen molar-refractivity contribution in [3.05, 3.63) is 36.5 Å². The molecule has 8 nitrogen and oxygen atoms in total. The van der Waals surface area contributed by atoms with Crippen LogP contribution in [-0.2, 0) is 28.6 Å². The van der Waals surface area contributed by atoms with Crippen molar-refractivity contribution in [3.63, 3.8) is 0 Å². The van der Waals surface area contributed by atoms with Crippen LogP contribution < -0.4 is 0 Å². The number of carbonyl (C=O) groups excluding carboxylic acids is 2. The highest BCUT2D eigenvalue weighted by molar-refractivity contribution is 5.72. The molecule has 0 saturated heterocycles. The summed E-state index contributed by atoms with van der Waals surface area (Å²) in [5.74, 6) is -1.53. The van der Waals surface area contributed by atoms with Gasteiger partial charge in [-0.15, -0.1) is 0 Å². The fourth-order valence-corrected chi connectivity index (χ4v) is 4.81. The van der Waals surface area contributed by atoms with Gasteiger partial charge in [-0.25, -0.2) is 4.79 Å². The molecule has 0 spiro atoms. The standard InChI is InChI=1S/C37H65NO7/c1-6-8-10-12-14-16-17-18-20-21-23-25-27-35(39)44-32-33(31-43-30-29-34(37(41)42)38(3,4)5)45-36(40)28-26-24-22-19-15-13-11-9-7-2/h8,10,14,16,18,20,33-34H,6-7,9,11-13,15,17,19,21-32H2,1-5H3/p+1/b10-8+,16-14+,20-18+. The molecule has 0 radical (unpaired) electrons. The summed E-state index contributed by atoms with van der Waals surface area (Å²) in [6, 6.07) is -0.616. The van der Waals surface area contributed by atoms with Crippen molar-refractivity contribution in [2.75, 3.05) is 41.0 Å². The predicted octanol–water partition coefficient (Wildman–Crippen LogP) is 8.35. The molecule has 260 valence electrons. The molecule has 0 aliphatic carbocycles. The van der Waals surface area contributed by atoms with E-state index in [0.29, 0.717) is 19.3 Å². The Labute approximate surface area is 274 Å². The first kappa shape index (κ1) is 42.6. The molecular formula is C37H66NO7+. The zero-order chi connectivity index (χ0) is 33.6. The van der Waals surface area contributed by atoms with E-state index in [2.05, 4.69) is 50.3 Å². The molecule has 8 heteroatoms. The van der Waals surface area contributed by atoms with Crippen molar-refractivity contribution in [1.82, 2.24) is 0 Å². The Kier molecular flexibility index (Phi) is 27.4. The van der Waals surface area contributed by atoms with Gasteiger partial charge in [0.05, 0.1) is 34.4 Å². The molecule has 0 bridgehead atoms. The Morgan fingerprint density at radius 2 is 1.24 bits per heavy atom. The largest absolute Gasteiger partial charge is 0.477 e. The van der Waals surface area contributed by atoms with Gasteiger partial charge in [-0.3, -0.25) is 9.59 Å². The quantitative estimate of drug-likeness (QED) is 0.0366. The minimum absolute atomic E-state index is 0.0500. The number of hydrogen-bond acceptors (Lipinski definition) is 6. The van der Waals surface area contributed by atoms with Gasteiger partial charge in [0.15, 0.2) is 12.1 Å². The minimum Gasteiger partial charge on any atom is -0.477 e. The van der Waals surface area contributed by atoms with Crippen LogP contribution >= 0.6 is 0 Å². The maximum Gasteiger partial charge on any atom is 0.362 e. The SMILES string of the molecule is CC/C=C/C/C=C/C/C=C/CCCCC(=O)OCC(COCCC(C(=O)O)[N+](C)(C)C)OC(=O)CCCCCCCCCCC. The zero-order valence-corrected chi connectivity index (χ0v) is 29.3. The Hall–Kier alpha value is -2.45. The number of carboxylic acid groups (broad SMARTS) is 1. The van der Waals surface area contributed by atoms with Gasteiger partial charge < -0.3 is 23.8 Å². The highest BCUT2D eigenvalue weighted by atomic mass is 16.6. The second-order valence-electron chi connectivity index (χ2n) is 12.7. The number of allylic oxidation sites excluding steroid dienone is 6. The summed E-state index contributed by atoms with van der Waals surface area (Å²) >= 11 is 0. The average molecular weight is 637 g/mol. The summed E-state index contributed by atoms with van der Waals surface area (Å²) in [5.41, 5.74) is 0. The van der Waals surface area contributed by atoms with Gasteiger partial charge in [0.1, 0.15) is 6.61 Å². The second-order valence-corrected chi connectivity index (χ2v) is 12.7. The van der Waals surface area contributed by atoms with E-state index in [9.17, 15) is 19.5 Å². The summed E-state index contributed by atoms with van der Waals surface area (Å²) in [4.78, 5) is 36.6. The summed E-state index contributed by atoms with van der Waals surface area (Å²) < 4.78 is 17.1. The van der Waals surface area contributed by atoms with Gasteiger partial charge in [0.2, 0.25) is 0 Å². The number of likely N-dealkylation sites (N-methyl/N-ethyl adjacent to an activating group) is 1. The van der Waals surface area contributed by atoms with Crippen molar-refractivity contribution in [1.29, 1.82) is 0 Å². The van der Waals surface area contributed by atoms with E-state index < -0.39 is 18.1 Å². The Morgan fingerprint density at radius 1 is 0.689 bits per heavy atom. The monoisotopic (exact) mass is 636 g/mol. The van der Waals surface area contributed by atoms with E-state index >= 15 is 0 Å². The average Bonchev–Trinajstić information content (AvgIpc) is 2.98. The molecule has 0 fully saturated rings. The third-order valence-corrected chi connectivity index (χ3v) is 7.55. The summed E-state index contributed by atoms with van der Waals surface area (Å²) in [7, 11) is 5.49. The number of unbranched alkanes of at least 4 members (excludes halogenated alkanes) is 10. The molecule has 2 atom stereocenters. The van der Waals surface area contributed by atoms with Crippen molar-refractivity contribution in [2.45, 2.75) is 142 Å². The number of rotatable bonds is 30. The lowest BCUT2D eigenvalue weighted by Crippen LogP contribution is -2.50. The number of nitrogens with zero attached hydrogens (tertiary/aromatic N) is 1. The summed E-state index contributed by atoms with van der Waals surface area (Å²) in [6.45, 7) is 4.53. The van der Waals surface area contributed by atoms with Gasteiger partial charge in [-0.1, -0.05) is 102 Å². The highest BCUT2D eigenvalue weighted by Gasteiger charge is 2.31. The zero-order valence-electron chi connectivity index (χ0n) is 29.3. The van der Waals surface area contributed by atoms with Gasteiger partial charge in [-0.2, -0.15) is 0 Å². The number of ether oxygens (including phenoxy) is 3. The first-order chi connectivity index (χ1) is 21.6. The highest BCUT2D eigenvalue weighted by Crippen LogP contribution is 2.13. The molecule has 0 saturated carbocycles. The predicted molar refractivity (Wildman–Crippen MR) is 183 cm³/mol. The van der Waals surface area contributed by atoms with E-state index in [4.69, 9.17) is 14.2 Å². The Bertz CT molecular complexity index is 844. The lowest BCUT2D eigenvalue weighted by atomic mass is 10.1. The van der Waals surface area contributed by atoms with Crippen LogP contribution in [0.15, 0.2) is 36.5 Å². The maximum absolute atomic E-state index is 12.6. The van der Waals surface area contributed by atoms with Gasteiger partial charge in [-0.05, 0) is 44.9 Å². The third-order valence-electron chi connectivity index (χ3n) is 7.55. The topological polar surface area (TPSA) is 99.1 Å². The fraction of sp³-hybridized carbons (Fsp3) is 0.757. The van der Waals surface area contributed by atoms with Crippen molar-refractivity contribution < 1.29 is 38.2 Å². The number of quaternary nitrogens is 1. The summed E-state index contributed by atoms with van der Waals surface area (Å²) in [6.07, 6.45) is 29.1. The molecule has 0 heterocycles. The van der Waals surface area contributed by atoms with Crippen molar-refractivity contribution in [2.24, 2.45) is 0 Å². The third kappa shape index (κ3) is 27.6. The van der Waals surface area contributed by atoms with Gasteiger partial charge >= 0.3 is 17.9 Å². The maximum atomic E-state index is 12.6. The number of esters is 2. The van der Waals surface area contributed by atoms with Crippen LogP contribution in [0, 0.1) is 0 Å². The molecular weight excluding hydrogens is 570 g/mol. The van der Waals surface area contributed by atoms with Crippen molar-refractivity contribution in [3.8, 4) is 0 Å². The summed E-state index contributed by atoms with van der Waals surface area (Å²) in [5, 5.41) is 9.55. The Balaban J connectivity index is 4.53. The van der Waals surface area contributed by atoms with Crippen LogP contribution in [0.25, 0.3) is 0 Å². The van der Waals surface area contributed by atoms with E-state index in [-0.39, 0.29) is 36.2 Å². The molecule has 0 rings (SSSR count). The van der Waals surface area contributed by atoms with E-state index in [1.165, 1.54) is 38.5 Å². The van der Waals surface area contributed by atoms with Crippen LogP contribution in [0.3, 0.4) is 0 Å².